The molecule has 1 aliphatic rings. The molecule has 1 aliphatic carbocycles. The van der Waals surface area contributed by atoms with E-state index in [-0.39, 0.29) is 29.2 Å². The Bertz CT molecular complexity index is 384. The number of Topliss-reactive ketones (excluding diaryl/α,β-unsaturated/α-hetero) is 1. The van der Waals surface area contributed by atoms with Gasteiger partial charge in [-0.25, -0.2) is 0 Å². The normalized spacial score (nSPS) is 17.3. The van der Waals surface area contributed by atoms with Gasteiger partial charge in [0.05, 0.1) is 7.11 Å². The van der Waals surface area contributed by atoms with Crippen molar-refractivity contribution >= 4 is 11.6 Å². The molecule has 3 heteroatoms. The molecule has 0 N–H and O–H groups in total. The van der Waals surface area contributed by atoms with Crippen LogP contribution >= 0.6 is 0 Å². The van der Waals surface area contributed by atoms with Crippen molar-refractivity contribution in [3.05, 3.63) is 23.0 Å². The van der Waals surface area contributed by atoms with Crippen LogP contribution in [0.3, 0.4) is 0 Å². The molecule has 0 amide bonds. The number of carbonyl (C=O) groups excluding carboxylic acids is 2. The molecule has 0 atom stereocenters. The van der Waals surface area contributed by atoms with Gasteiger partial charge in [0.2, 0.25) is 5.78 Å². The summed E-state index contributed by atoms with van der Waals surface area (Å²) in [6.07, 6.45) is 1.40. The van der Waals surface area contributed by atoms with E-state index in [4.69, 9.17) is 4.74 Å². The second-order valence-corrected chi connectivity index (χ2v) is 4.55. The summed E-state index contributed by atoms with van der Waals surface area (Å²) >= 11 is 0. The van der Waals surface area contributed by atoms with Gasteiger partial charge in [-0.15, -0.1) is 0 Å². The Morgan fingerprint density at radius 1 is 1.06 bits per heavy atom. The molecule has 16 heavy (non-hydrogen) atoms. The molecule has 0 aromatic heterocycles. The van der Waals surface area contributed by atoms with Crippen molar-refractivity contribution < 1.29 is 14.3 Å². The van der Waals surface area contributed by atoms with Crippen LogP contribution in [-0.4, -0.2) is 18.7 Å². The first-order valence-corrected chi connectivity index (χ1v) is 5.48. The number of hydrogen-bond donors (Lipinski definition) is 0. The Balaban J connectivity index is 3.28. The third-order valence-corrected chi connectivity index (χ3v) is 2.67. The highest BCUT2D eigenvalue weighted by molar-refractivity contribution is 6.22. The van der Waals surface area contributed by atoms with Crippen molar-refractivity contribution in [3.8, 4) is 0 Å². The van der Waals surface area contributed by atoms with E-state index in [1.54, 1.807) is 0 Å². The zero-order valence-electron chi connectivity index (χ0n) is 10.5. The monoisotopic (exact) mass is 222 g/mol. The largest absolute Gasteiger partial charge is 0.492 e. The van der Waals surface area contributed by atoms with Gasteiger partial charge in [-0.3, -0.25) is 9.59 Å². The van der Waals surface area contributed by atoms with Crippen LogP contribution in [0.5, 0.6) is 0 Å². The number of methoxy groups -OCH3 is 1. The van der Waals surface area contributed by atoms with Gasteiger partial charge in [-0.1, -0.05) is 27.7 Å². The molecule has 0 bridgehead atoms. The third kappa shape index (κ3) is 2.08. The number of hydrogen-bond acceptors (Lipinski definition) is 3. The van der Waals surface area contributed by atoms with Crippen molar-refractivity contribution in [3.63, 3.8) is 0 Å². The predicted octanol–water partition coefficient (Wildman–Crippen LogP) is 2.28. The van der Waals surface area contributed by atoms with Crippen molar-refractivity contribution in [2.45, 2.75) is 27.7 Å². The van der Waals surface area contributed by atoms with Crippen molar-refractivity contribution in [1.29, 1.82) is 0 Å². The van der Waals surface area contributed by atoms with Gasteiger partial charge in [0.1, 0.15) is 0 Å². The van der Waals surface area contributed by atoms with Crippen LogP contribution in [0.4, 0.5) is 0 Å². The molecule has 0 radical (unpaired) electrons. The average Bonchev–Trinajstić information content (AvgIpc) is 2.19. The Labute approximate surface area is 96.2 Å². The zero-order chi connectivity index (χ0) is 12.5. The molecule has 0 aromatic rings. The number of allylic oxidation sites excluding steroid dienone is 3. The first-order chi connectivity index (χ1) is 7.40. The highest BCUT2D eigenvalue weighted by Gasteiger charge is 2.31. The van der Waals surface area contributed by atoms with Crippen LogP contribution in [0, 0.1) is 11.8 Å². The van der Waals surface area contributed by atoms with E-state index in [1.165, 1.54) is 13.2 Å². The summed E-state index contributed by atoms with van der Waals surface area (Å²) in [6.45, 7) is 7.60. The van der Waals surface area contributed by atoms with Crippen LogP contribution in [0.1, 0.15) is 27.7 Å². The summed E-state index contributed by atoms with van der Waals surface area (Å²) < 4.78 is 5.04. The molecule has 0 saturated heterocycles. The fraction of sp³-hybridized carbons (Fsp3) is 0.538. The summed E-state index contributed by atoms with van der Waals surface area (Å²) in [5.41, 5.74) is 1.08. The minimum Gasteiger partial charge on any atom is -0.492 e. The lowest BCUT2D eigenvalue weighted by Crippen LogP contribution is -2.25. The topological polar surface area (TPSA) is 43.4 Å². The lowest BCUT2D eigenvalue weighted by Gasteiger charge is -2.22. The molecular formula is C13H18O3. The summed E-state index contributed by atoms with van der Waals surface area (Å²) in [5, 5.41) is 0. The molecule has 0 spiro atoms. The van der Waals surface area contributed by atoms with Gasteiger partial charge in [0, 0.05) is 11.1 Å². The lowest BCUT2D eigenvalue weighted by molar-refractivity contribution is -0.118. The molecule has 0 aliphatic heterocycles. The minimum atomic E-state index is -0.200. The molecule has 0 fully saturated rings. The van der Waals surface area contributed by atoms with E-state index in [1.807, 2.05) is 27.7 Å². The number of ether oxygens (including phenoxy) is 1. The van der Waals surface area contributed by atoms with Crippen LogP contribution in [-0.2, 0) is 14.3 Å². The van der Waals surface area contributed by atoms with Crippen molar-refractivity contribution in [2.24, 2.45) is 11.8 Å². The highest BCUT2D eigenvalue weighted by Crippen LogP contribution is 2.28. The first-order valence-electron chi connectivity index (χ1n) is 5.48. The maximum absolute atomic E-state index is 12.2. The fourth-order valence-corrected chi connectivity index (χ4v) is 1.83. The van der Waals surface area contributed by atoms with Gasteiger partial charge in [0.25, 0.3) is 0 Å². The van der Waals surface area contributed by atoms with Crippen LogP contribution in [0.2, 0.25) is 0 Å². The van der Waals surface area contributed by atoms with E-state index in [2.05, 4.69) is 0 Å². The van der Waals surface area contributed by atoms with Gasteiger partial charge in [0.15, 0.2) is 11.5 Å². The number of carbonyl (C=O) groups is 2. The maximum Gasteiger partial charge on any atom is 0.221 e. The number of ketones is 2. The molecule has 1 rings (SSSR count). The van der Waals surface area contributed by atoms with E-state index in [0.29, 0.717) is 11.1 Å². The van der Waals surface area contributed by atoms with Crippen molar-refractivity contribution in [2.75, 3.05) is 7.11 Å². The Hall–Kier alpha value is -1.38. The zero-order valence-corrected chi connectivity index (χ0v) is 10.5. The SMILES string of the molecule is COC1=C(C(C)C)C(=O)C(C(C)C)=CC1=O. The van der Waals surface area contributed by atoms with Crippen LogP contribution in [0.15, 0.2) is 23.0 Å². The summed E-state index contributed by atoms with van der Waals surface area (Å²) in [4.78, 5) is 24.0. The van der Waals surface area contributed by atoms with Gasteiger partial charge in [-0.2, -0.15) is 0 Å². The van der Waals surface area contributed by atoms with Gasteiger partial charge < -0.3 is 4.74 Å². The summed E-state index contributed by atoms with van der Waals surface area (Å²) in [5.74, 6) is -0.00203. The third-order valence-electron chi connectivity index (χ3n) is 2.67. The Kier molecular flexibility index (Phi) is 3.68. The van der Waals surface area contributed by atoms with E-state index < -0.39 is 0 Å². The molecule has 0 unspecified atom stereocenters. The molecule has 0 saturated carbocycles. The van der Waals surface area contributed by atoms with Crippen LogP contribution < -0.4 is 0 Å². The molecule has 88 valence electrons. The average molecular weight is 222 g/mol. The van der Waals surface area contributed by atoms with E-state index in [9.17, 15) is 9.59 Å². The Morgan fingerprint density at radius 3 is 2.00 bits per heavy atom. The van der Waals surface area contributed by atoms with Crippen molar-refractivity contribution in [1.82, 2.24) is 0 Å². The first kappa shape index (κ1) is 12.7. The standard InChI is InChI=1S/C13H18O3/c1-7(2)9-6-10(14)13(16-5)11(8(3)4)12(9)15/h6-8H,1-5H3. The maximum atomic E-state index is 12.2. The lowest BCUT2D eigenvalue weighted by atomic mass is 9.83. The fourth-order valence-electron chi connectivity index (χ4n) is 1.83. The minimum absolute atomic E-state index is 0.00569. The number of rotatable bonds is 3. The Morgan fingerprint density at radius 2 is 1.62 bits per heavy atom. The van der Waals surface area contributed by atoms with E-state index >= 15 is 0 Å². The molecule has 3 nitrogen and oxygen atoms in total. The van der Waals surface area contributed by atoms with Gasteiger partial charge >= 0.3 is 0 Å². The van der Waals surface area contributed by atoms with E-state index in [0.717, 1.165) is 0 Å². The predicted molar refractivity (Wildman–Crippen MR) is 61.8 cm³/mol. The highest BCUT2D eigenvalue weighted by atomic mass is 16.5. The molecule has 0 heterocycles. The molecule has 0 aromatic carbocycles. The smallest absolute Gasteiger partial charge is 0.221 e. The summed E-state index contributed by atoms with van der Waals surface area (Å²) in [6, 6.07) is 0. The van der Waals surface area contributed by atoms with Crippen LogP contribution in [0.25, 0.3) is 0 Å². The molecular weight excluding hydrogens is 204 g/mol. The second kappa shape index (κ2) is 4.64. The van der Waals surface area contributed by atoms with Gasteiger partial charge in [-0.05, 0) is 17.9 Å². The quantitative estimate of drug-likeness (QED) is 0.688. The summed E-state index contributed by atoms with van der Waals surface area (Å²) in [7, 11) is 1.43. The second-order valence-electron chi connectivity index (χ2n) is 4.55.